The van der Waals surface area contributed by atoms with Crippen LogP contribution in [0.3, 0.4) is 0 Å². The first kappa shape index (κ1) is 15.0. The SMILES string of the molecule is COc1cc(C(C)C)ccc1OCC1(C(F)(F)F)CC1. The Hall–Kier alpha value is -1.39. The molecule has 0 N–H and O–H groups in total. The van der Waals surface area contributed by atoms with Crippen LogP contribution in [0.1, 0.15) is 38.2 Å². The summed E-state index contributed by atoms with van der Waals surface area (Å²) >= 11 is 0. The van der Waals surface area contributed by atoms with Gasteiger partial charge in [-0.1, -0.05) is 19.9 Å². The van der Waals surface area contributed by atoms with Gasteiger partial charge in [0.05, 0.1) is 7.11 Å². The van der Waals surface area contributed by atoms with Crippen molar-refractivity contribution in [2.45, 2.75) is 38.8 Å². The van der Waals surface area contributed by atoms with E-state index in [-0.39, 0.29) is 19.4 Å². The molecule has 0 spiro atoms. The van der Waals surface area contributed by atoms with E-state index in [0.29, 0.717) is 17.4 Å². The van der Waals surface area contributed by atoms with Crippen molar-refractivity contribution in [3.05, 3.63) is 23.8 Å². The molecular formula is C15H19F3O2. The van der Waals surface area contributed by atoms with Crippen molar-refractivity contribution in [2.24, 2.45) is 5.41 Å². The van der Waals surface area contributed by atoms with Crippen LogP contribution in [0.4, 0.5) is 13.2 Å². The van der Waals surface area contributed by atoms with E-state index in [2.05, 4.69) is 0 Å². The molecule has 2 rings (SSSR count). The summed E-state index contributed by atoms with van der Waals surface area (Å²) in [4.78, 5) is 0. The smallest absolute Gasteiger partial charge is 0.397 e. The van der Waals surface area contributed by atoms with Crippen LogP contribution in [0.25, 0.3) is 0 Å². The molecule has 0 radical (unpaired) electrons. The molecule has 1 aromatic rings. The van der Waals surface area contributed by atoms with E-state index in [9.17, 15) is 13.2 Å². The summed E-state index contributed by atoms with van der Waals surface area (Å²) < 4.78 is 49.1. The third-order valence-electron chi connectivity index (χ3n) is 3.81. The third kappa shape index (κ3) is 2.86. The number of alkyl halides is 3. The normalized spacial score (nSPS) is 17.1. The van der Waals surface area contributed by atoms with Gasteiger partial charge in [-0.25, -0.2) is 0 Å². The van der Waals surface area contributed by atoms with Crippen molar-refractivity contribution >= 4 is 0 Å². The lowest BCUT2D eigenvalue weighted by molar-refractivity contribution is -0.194. The Bertz CT molecular complexity index is 476. The summed E-state index contributed by atoms with van der Waals surface area (Å²) in [5, 5.41) is 0. The molecule has 112 valence electrons. The van der Waals surface area contributed by atoms with Crippen LogP contribution in [-0.2, 0) is 0 Å². The Morgan fingerprint density at radius 3 is 2.30 bits per heavy atom. The molecule has 1 aliphatic rings. The van der Waals surface area contributed by atoms with Gasteiger partial charge in [-0.15, -0.1) is 0 Å². The number of rotatable bonds is 5. The second-order valence-electron chi connectivity index (χ2n) is 5.63. The molecule has 0 amide bonds. The van der Waals surface area contributed by atoms with E-state index in [1.165, 1.54) is 7.11 Å². The highest BCUT2D eigenvalue weighted by Crippen LogP contribution is 2.57. The van der Waals surface area contributed by atoms with Crippen LogP contribution in [0.2, 0.25) is 0 Å². The van der Waals surface area contributed by atoms with Gasteiger partial charge in [0.25, 0.3) is 0 Å². The summed E-state index contributed by atoms with van der Waals surface area (Å²) in [7, 11) is 1.49. The molecule has 0 bridgehead atoms. The lowest BCUT2D eigenvalue weighted by Crippen LogP contribution is -2.30. The first-order chi connectivity index (χ1) is 9.29. The van der Waals surface area contributed by atoms with E-state index in [1.54, 1.807) is 6.07 Å². The van der Waals surface area contributed by atoms with Crippen LogP contribution in [0.15, 0.2) is 18.2 Å². The predicted molar refractivity (Wildman–Crippen MR) is 70.3 cm³/mol. The molecule has 1 saturated carbocycles. The van der Waals surface area contributed by atoms with E-state index in [4.69, 9.17) is 9.47 Å². The molecule has 2 nitrogen and oxygen atoms in total. The second-order valence-corrected chi connectivity index (χ2v) is 5.63. The summed E-state index contributed by atoms with van der Waals surface area (Å²) in [6, 6.07) is 5.35. The van der Waals surface area contributed by atoms with Crippen molar-refractivity contribution in [3.63, 3.8) is 0 Å². The quantitative estimate of drug-likeness (QED) is 0.792. The lowest BCUT2D eigenvalue weighted by atomic mass is 10.0. The Balaban J connectivity index is 2.10. The largest absolute Gasteiger partial charge is 0.493 e. The molecule has 0 aromatic heterocycles. The summed E-state index contributed by atoms with van der Waals surface area (Å²) in [5.74, 6) is 1.17. The van der Waals surface area contributed by atoms with Crippen LogP contribution in [0.5, 0.6) is 11.5 Å². The number of benzene rings is 1. The van der Waals surface area contributed by atoms with Gasteiger partial charge in [-0.3, -0.25) is 0 Å². The Labute approximate surface area is 116 Å². The zero-order valence-electron chi connectivity index (χ0n) is 11.9. The van der Waals surface area contributed by atoms with Gasteiger partial charge in [-0.05, 0) is 36.5 Å². The molecule has 1 aromatic carbocycles. The molecule has 20 heavy (non-hydrogen) atoms. The Morgan fingerprint density at radius 2 is 1.85 bits per heavy atom. The topological polar surface area (TPSA) is 18.5 Å². The molecular weight excluding hydrogens is 269 g/mol. The van der Waals surface area contributed by atoms with Crippen molar-refractivity contribution in [1.82, 2.24) is 0 Å². The van der Waals surface area contributed by atoms with Crippen LogP contribution in [0, 0.1) is 5.41 Å². The predicted octanol–water partition coefficient (Wildman–Crippen LogP) is 4.54. The fourth-order valence-corrected chi connectivity index (χ4v) is 2.04. The maximum absolute atomic E-state index is 12.8. The average molecular weight is 288 g/mol. The van der Waals surface area contributed by atoms with Crippen molar-refractivity contribution < 1.29 is 22.6 Å². The molecule has 1 fully saturated rings. The van der Waals surface area contributed by atoms with E-state index < -0.39 is 11.6 Å². The van der Waals surface area contributed by atoms with Gasteiger partial charge in [0.1, 0.15) is 12.0 Å². The zero-order valence-corrected chi connectivity index (χ0v) is 11.9. The standard InChI is InChI=1S/C15H19F3O2/c1-10(2)11-4-5-12(13(8-11)19-3)20-9-14(6-7-14)15(16,17)18/h4-5,8,10H,6-7,9H2,1-3H3. The number of methoxy groups -OCH3 is 1. The first-order valence-electron chi connectivity index (χ1n) is 6.66. The second kappa shape index (κ2) is 5.19. The van der Waals surface area contributed by atoms with Crippen molar-refractivity contribution in [2.75, 3.05) is 13.7 Å². The van der Waals surface area contributed by atoms with E-state index >= 15 is 0 Å². The minimum Gasteiger partial charge on any atom is -0.493 e. The first-order valence-corrected chi connectivity index (χ1v) is 6.66. The van der Waals surface area contributed by atoms with Crippen LogP contribution >= 0.6 is 0 Å². The van der Waals surface area contributed by atoms with Gasteiger partial charge >= 0.3 is 6.18 Å². The van der Waals surface area contributed by atoms with E-state index in [1.807, 2.05) is 26.0 Å². The van der Waals surface area contributed by atoms with Gasteiger partial charge < -0.3 is 9.47 Å². The minimum absolute atomic E-state index is 0.142. The molecule has 0 unspecified atom stereocenters. The summed E-state index contributed by atoms with van der Waals surface area (Å²) in [5.41, 5.74) is -0.597. The fraction of sp³-hybridized carbons (Fsp3) is 0.600. The molecule has 0 saturated heterocycles. The van der Waals surface area contributed by atoms with Gasteiger partial charge in [0.2, 0.25) is 0 Å². The highest BCUT2D eigenvalue weighted by molar-refractivity contribution is 5.43. The molecule has 0 atom stereocenters. The van der Waals surface area contributed by atoms with Gasteiger partial charge in [0, 0.05) is 0 Å². The van der Waals surface area contributed by atoms with Crippen LogP contribution < -0.4 is 9.47 Å². The Morgan fingerprint density at radius 1 is 1.20 bits per heavy atom. The average Bonchev–Trinajstić information content (AvgIpc) is 3.16. The Kier molecular flexibility index (Phi) is 3.89. The maximum atomic E-state index is 12.8. The number of ether oxygens (including phenoxy) is 2. The minimum atomic E-state index is -4.20. The number of hydrogen-bond donors (Lipinski definition) is 0. The summed E-state index contributed by atoms with van der Waals surface area (Å²) in [6.45, 7) is 3.74. The number of hydrogen-bond acceptors (Lipinski definition) is 2. The lowest BCUT2D eigenvalue weighted by Gasteiger charge is -2.20. The van der Waals surface area contributed by atoms with E-state index in [0.717, 1.165) is 5.56 Å². The highest BCUT2D eigenvalue weighted by Gasteiger charge is 2.63. The van der Waals surface area contributed by atoms with Crippen LogP contribution in [-0.4, -0.2) is 19.9 Å². The number of halogens is 3. The fourth-order valence-electron chi connectivity index (χ4n) is 2.04. The molecule has 0 aliphatic heterocycles. The van der Waals surface area contributed by atoms with Crippen molar-refractivity contribution in [1.29, 1.82) is 0 Å². The monoisotopic (exact) mass is 288 g/mol. The third-order valence-corrected chi connectivity index (χ3v) is 3.81. The molecule has 5 heteroatoms. The van der Waals surface area contributed by atoms with Crippen molar-refractivity contribution in [3.8, 4) is 11.5 Å². The maximum Gasteiger partial charge on any atom is 0.397 e. The zero-order chi connectivity index (χ0) is 15.0. The summed E-state index contributed by atoms with van der Waals surface area (Å²) in [6.07, 6.45) is -3.91. The van der Waals surface area contributed by atoms with Gasteiger partial charge in [0.15, 0.2) is 11.5 Å². The van der Waals surface area contributed by atoms with Gasteiger partial charge in [-0.2, -0.15) is 13.2 Å². The highest BCUT2D eigenvalue weighted by atomic mass is 19.4. The molecule has 0 heterocycles. The molecule has 1 aliphatic carbocycles.